The molecule has 0 saturated carbocycles. The molecule has 96 valence electrons. The first-order chi connectivity index (χ1) is 8.74. The van der Waals surface area contributed by atoms with Crippen LogP contribution in [-0.2, 0) is 0 Å². The Morgan fingerprint density at radius 3 is 3.22 bits per heavy atom. The van der Waals surface area contributed by atoms with Crippen LogP contribution in [-0.4, -0.2) is 45.4 Å². The van der Waals surface area contributed by atoms with Gasteiger partial charge in [-0.05, 0) is 26.4 Å². The number of nitrogens with two attached hydrogens (primary N) is 1. The van der Waals surface area contributed by atoms with Crippen molar-refractivity contribution in [3.8, 4) is 0 Å². The summed E-state index contributed by atoms with van der Waals surface area (Å²) in [6, 6.07) is 0.572. The summed E-state index contributed by atoms with van der Waals surface area (Å²) < 4.78 is 1.89. The van der Waals surface area contributed by atoms with Gasteiger partial charge in [-0.25, -0.2) is 9.97 Å². The minimum atomic E-state index is 0.503. The van der Waals surface area contributed by atoms with Gasteiger partial charge in [-0.15, -0.1) is 0 Å². The van der Waals surface area contributed by atoms with Crippen LogP contribution in [0.5, 0.6) is 0 Å². The molecule has 1 aliphatic rings. The van der Waals surface area contributed by atoms with Crippen LogP contribution in [0.1, 0.15) is 12.8 Å². The summed E-state index contributed by atoms with van der Waals surface area (Å²) >= 11 is 0. The maximum absolute atomic E-state index is 5.78. The molecule has 1 fully saturated rings. The van der Waals surface area contributed by atoms with E-state index in [2.05, 4.69) is 27.2 Å². The number of nitrogens with zero attached hydrogens (tertiary/aromatic N) is 4. The smallest absolute Gasteiger partial charge is 0.180 e. The number of rotatable bonds is 3. The van der Waals surface area contributed by atoms with Crippen molar-refractivity contribution >= 4 is 17.3 Å². The van der Waals surface area contributed by atoms with Crippen LogP contribution in [0.4, 0.5) is 11.6 Å². The molecule has 0 aliphatic carbocycles. The molecule has 18 heavy (non-hydrogen) atoms. The van der Waals surface area contributed by atoms with Crippen molar-refractivity contribution < 1.29 is 0 Å². The lowest BCUT2D eigenvalue weighted by Gasteiger charge is -2.20. The number of likely N-dealkylation sites (N-methyl/N-ethyl adjacent to an activating group) is 1. The van der Waals surface area contributed by atoms with Crippen molar-refractivity contribution in [2.75, 3.05) is 31.2 Å². The molecule has 3 N–H and O–H groups in total. The summed E-state index contributed by atoms with van der Waals surface area (Å²) in [5, 5.41) is 3.37. The SMILES string of the molecule is CN1CCCC1CNc1nc(N)cn2ccnc12. The molecule has 6 nitrogen and oxygen atoms in total. The predicted molar refractivity (Wildman–Crippen MR) is 71.5 cm³/mol. The molecular weight excluding hydrogens is 228 g/mol. The van der Waals surface area contributed by atoms with Crippen molar-refractivity contribution in [1.29, 1.82) is 0 Å². The van der Waals surface area contributed by atoms with E-state index >= 15 is 0 Å². The van der Waals surface area contributed by atoms with E-state index in [0.717, 1.165) is 18.0 Å². The van der Waals surface area contributed by atoms with E-state index in [-0.39, 0.29) is 0 Å². The Labute approximate surface area is 106 Å². The Bertz CT molecular complexity index is 548. The molecule has 1 aliphatic heterocycles. The van der Waals surface area contributed by atoms with Gasteiger partial charge in [0.1, 0.15) is 5.82 Å². The molecule has 1 saturated heterocycles. The van der Waals surface area contributed by atoms with Gasteiger partial charge in [-0.1, -0.05) is 0 Å². The maximum atomic E-state index is 5.78. The molecule has 0 spiro atoms. The first-order valence-corrected chi connectivity index (χ1v) is 6.27. The lowest BCUT2D eigenvalue weighted by Crippen LogP contribution is -2.31. The zero-order valence-electron chi connectivity index (χ0n) is 10.5. The quantitative estimate of drug-likeness (QED) is 0.839. The van der Waals surface area contributed by atoms with Crippen molar-refractivity contribution in [1.82, 2.24) is 19.3 Å². The van der Waals surface area contributed by atoms with Crippen molar-refractivity contribution in [3.63, 3.8) is 0 Å². The Morgan fingerprint density at radius 1 is 1.56 bits per heavy atom. The Kier molecular flexibility index (Phi) is 2.79. The number of nitrogens with one attached hydrogen (secondary N) is 1. The average molecular weight is 246 g/mol. The van der Waals surface area contributed by atoms with Crippen LogP contribution in [0.2, 0.25) is 0 Å². The number of aromatic nitrogens is 3. The summed E-state index contributed by atoms with van der Waals surface area (Å²) in [5.41, 5.74) is 6.61. The predicted octanol–water partition coefficient (Wildman–Crippen LogP) is 0.818. The normalized spacial score (nSPS) is 20.6. The standard InChI is InChI=1S/C12H18N6/c1-17-5-2-3-9(17)7-15-11-12-14-4-6-18(12)8-10(13)16-11/h4,6,8-9H,2-3,5,7,13H2,1H3,(H,15,16). The maximum Gasteiger partial charge on any atom is 0.180 e. The van der Waals surface area contributed by atoms with E-state index in [4.69, 9.17) is 5.73 Å². The van der Waals surface area contributed by atoms with Gasteiger partial charge in [-0.3, -0.25) is 0 Å². The molecule has 3 heterocycles. The van der Waals surface area contributed by atoms with Crippen LogP contribution >= 0.6 is 0 Å². The highest BCUT2D eigenvalue weighted by atomic mass is 15.2. The highest BCUT2D eigenvalue weighted by Gasteiger charge is 2.20. The third-order valence-corrected chi connectivity index (χ3v) is 3.57. The van der Waals surface area contributed by atoms with Gasteiger partial charge in [0.25, 0.3) is 0 Å². The molecule has 0 amide bonds. The molecule has 2 aromatic heterocycles. The van der Waals surface area contributed by atoms with E-state index < -0.39 is 0 Å². The first-order valence-electron chi connectivity index (χ1n) is 6.27. The van der Waals surface area contributed by atoms with E-state index in [0.29, 0.717) is 11.9 Å². The number of hydrogen-bond acceptors (Lipinski definition) is 5. The highest BCUT2D eigenvalue weighted by Crippen LogP contribution is 2.18. The molecule has 1 unspecified atom stereocenters. The zero-order chi connectivity index (χ0) is 12.5. The van der Waals surface area contributed by atoms with E-state index in [1.165, 1.54) is 19.4 Å². The molecular formula is C12H18N6. The lowest BCUT2D eigenvalue weighted by molar-refractivity contribution is 0.322. The third kappa shape index (κ3) is 1.99. The first kappa shape index (κ1) is 11.3. The second kappa shape index (κ2) is 4.45. The summed E-state index contributed by atoms with van der Waals surface area (Å²) in [5.74, 6) is 1.27. The summed E-state index contributed by atoms with van der Waals surface area (Å²) in [4.78, 5) is 11.0. The van der Waals surface area contributed by atoms with Gasteiger partial charge in [0.05, 0.1) is 6.20 Å². The largest absolute Gasteiger partial charge is 0.382 e. The van der Waals surface area contributed by atoms with E-state index in [1.807, 2.05) is 10.6 Å². The topological polar surface area (TPSA) is 71.5 Å². The van der Waals surface area contributed by atoms with Gasteiger partial charge in [0.15, 0.2) is 11.5 Å². The fraction of sp³-hybridized carbons (Fsp3) is 0.500. The number of likely N-dealkylation sites (tertiary alicyclic amines) is 1. The lowest BCUT2D eigenvalue weighted by atomic mass is 10.2. The van der Waals surface area contributed by atoms with Crippen molar-refractivity contribution in [3.05, 3.63) is 18.6 Å². The Balaban J connectivity index is 1.79. The minimum absolute atomic E-state index is 0.503. The summed E-state index contributed by atoms with van der Waals surface area (Å²) in [7, 11) is 2.16. The number of imidazole rings is 1. The number of fused-ring (bicyclic) bond motifs is 1. The van der Waals surface area contributed by atoms with Gasteiger partial charge >= 0.3 is 0 Å². The second-order valence-electron chi connectivity index (χ2n) is 4.83. The van der Waals surface area contributed by atoms with Gasteiger partial charge in [0.2, 0.25) is 0 Å². The fourth-order valence-corrected chi connectivity index (χ4v) is 2.52. The molecule has 0 radical (unpaired) electrons. The average Bonchev–Trinajstić information content (AvgIpc) is 2.94. The van der Waals surface area contributed by atoms with Gasteiger partial charge in [0, 0.05) is 25.0 Å². The van der Waals surface area contributed by atoms with Crippen LogP contribution in [0.15, 0.2) is 18.6 Å². The molecule has 0 bridgehead atoms. The van der Waals surface area contributed by atoms with Crippen molar-refractivity contribution in [2.45, 2.75) is 18.9 Å². The summed E-state index contributed by atoms with van der Waals surface area (Å²) in [6.45, 7) is 2.06. The van der Waals surface area contributed by atoms with Gasteiger partial charge in [-0.2, -0.15) is 0 Å². The van der Waals surface area contributed by atoms with Gasteiger partial charge < -0.3 is 20.4 Å². The molecule has 1 atom stereocenters. The zero-order valence-corrected chi connectivity index (χ0v) is 10.5. The number of anilines is 2. The van der Waals surface area contributed by atoms with Crippen LogP contribution < -0.4 is 11.1 Å². The third-order valence-electron chi connectivity index (χ3n) is 3.57. The molecule has 0 aromatic carbocycles. The summed E-state index contributed by atoms with van der Waals surface area (Å²) in [6.07, 6.45) is 7.90. The number of hydrogen-bond donors (Lipinski definition) is 2. The second-order valence-corrected chi connectivity index (χ2v) is 4.83. The molecule has 3 rings (SSSR count). The number of nitrogen functional groups attached to an aromatic ring is 1. The fourth-order valence-electron chi connectivity index (χ4n) is 2.52. The Morgan fingerprint density at radius 2 is 2.44 bits per heavy atom. The van der Waals surface area contributed by atoms with E-state index in [9.17, 15) is 0 Å². The van der Waals surface area contributed by atoms with Crippen LogP contribution in [0, 0.1) is 0 Å². The van der Waals surface area contributed by atoms with E-state index in [1.54, 1.807) is 12.4 Å². The highest BCUT2D eigenvalue weighted by molar-refractivity contribution is 5.64. The van der Waals surface area contributed by atoms with Crippen LogP contribution in [0.3, 0.4) is 0 Å². The molecule has 6 heteroatoms. The minimum Gasteiger partial charge on any atom is -0.382 e. The van der Waals surface area contributed by atoms with Crippen molar-refractivity contribution in [2.24, 2.45) is 0 Å². The molecule has 2 aromatic rings. The Hall–Kier alpha value is -1.82. The monoisotopic (exact) mass is 246 g/mol. The van der Waals surface area contributed by atoms with Crippen LogP contribution in [0.25, 0.3) is 5.65 Å².